The Labute approximate surface area is 107 Å². The molecular formula is C14H20F2N2. The molecule has 2 nitrogen and oxygen atoms in total. The minimum Gasteiger partial charge on any atom is -0.311 e. The molecule has 0 aliphatic carbocycles. The van der Waals surface area contributed by atoms with E-state index in [0.717, 1.165) is 13.0 Å². The summed E-state index contributed by atoms with van der Waals surface area (Å²) in [6.07, 6.45) is 0.980. The van der Waals surface area contributed by atoms with Gasteiger partial charge in [-0.25, -0.2) is 0 Å². The Morgan fingerprint density at radius 1 is 1.33 bits per heavy atom. The number of nitrogens with one attached hydrogen (secondary N) is 1. The molecule has 0 amide bonds. The second kappa shape index (κ2) is 5.76. The number of hydrogen-bond donors (Lipinski definition) is 1. The van der Waals surface area contributed by atoms with Gasteiger partial charge in [0, 0.05) is 31.2 Å². The summed E-state index contributed by atoms with van der Waals surface area (Å²) in [6, 6.07) is 8.42. The van der Waals surface area contributed by atoms with E-state index in [0.29, 0.717) is 19.1 Å². The number of benzene rings is 1. The van der Waals surface area contributed by atoms with Gasteiger partial charge in [-0.2, -0.15) is 8.78 Å². The third-order valence-corrected chi connectivity index (χ3v) is 3.45. The molecule has 1 aromatic carbocycles. The maximum absolute atomic E-state index is 14.1. The summed E-state index contributed by atoms with van der Waals surface area (Å²) in [7, 11) is 0. The van der Waals surface area contributed by atoms with Crippen molar-refractivity contribution in [1.29, 1.82) is 0 Å². The summed E-state index contributed by atoms with van der Waals surface area (Å²) in [5, 5.41) is 3.34. The van der Waals surface area contributed by atoms with Gasteiger partial charge in [-0.15, -0.1) is 0 Å². The van der Waals surface area contributed by atoms with E-state index in [1.807, 2.05) is 4.90 Å². The lowest BCUT2D eigenvalue weighted by molar-refractivity contribution is -0.0433. The van der Waals surface area contributed by atoms with Gasteiger partial charge in [-0.3, -0.25) is 4.90 Å². The molecule has 1 N–H and O–H groups in total. The van der Waals surface area contributed by atoms with E-state index in [9.17, 15) is 8.78 Å². The first kappa shape index (κ1) is 13.4. The number of alkyl halides is 2. The molecule has 18 heavy (non-hydrogen) atoms. The molecule has 1 unspecified atom stereocenters. The lowest BCUT2D eigenvalue weighted by Gasteiger charge is -2.35. The van der Waals surface area contributed by atoms with Crippen molar-refractivity contribution in [2.75, 3.05) is 26.2 Å². The van der Waals surface area contributed by atoms with Gasteiger partial charge in [0.2, 0.25) is 0 Å². The number of rotatable bonds is 4. The Morgan fingerprint density at radius 2 is 2.06 bits per heavy atom. The van der Waals surface area contributed by atoms with Gasteiger partial charge in [0.1, 0.15) is 0 Å². The molecule has 1 heterocycles. The molecule has 0 saturated carbocycles. The molecule has 1 fully saturated rings. The second-order valence-corrected chi connectivity index (χ2v) is 4.86. The summed E-state index contributed by atoms with van der Waals surface area (Å²) in [5.74, 6) is -2.77. The average Bonchev–Trinajstić information content (AvgIpc) is 2.39. The van der Waals surface area contributed by atoms with E-state index in [4.69, 9.17) is 0 Å². The van der Waals surface area contributed by atoms with E-state index < -0.39 is 5.92 Å². The fourth-order valence-corrected chi connectivity index (χ4v) is 2.37. The maximum atomic E-state index is 14.1. The van der Waals surface area contributed by atoms with Crippen LogP contribution in [-0.2, 0) is 5.92 Å². The predicted octanol–water partition coefficient (Wildman–Crippen LogP) is 2.46. The van der Waals surface area contributed by atoms with E-state index in [-0.39, 0.29) is 12.1 Å². The molecule has 4 heteroatoms. The maximum Gasteiger partial charge on any atom is 0.285 e. The Hall–Kier alpha value is -1.00. The van der Waals surface area contributed by atoms with Crippen molar-refractivity contribution in [3.05, 3.63) is 35.9 Å². The first-order chi connectivity index (χ1) is 8.62. The highest BCUT2D eigenvalue weighted by molar-refractivity contribution is 5.20. The molecule has 2 rings (SSSR count). The molecule has 1 atom stereocenters. The fourth-order valence-electron chi connectivity index (χ4n) is 2.37. The van der Waals surface area contributed by atoms with E-state index in [2.05, 4.69) is 12.2 Å². The van der Waals surface area contributed by atoms with Crippen molar-refractivity contribution in [2.45, 2.75) is 25.3 Å². The van der Waals surface area contributed by atoms with Crippen LogP contribution in [0.15, 0.2) is 30.3 Å². The van der Waals surface area contributed by atoms with Gasteiger partial charge in [0.15, 0.2) is 0 Å². The van der Waals surface area contributed by atoms with Crippen LogP contribution >= 0.6 is 0 Å². The SMILES string of the molecule is CCC1CN(CC(F)(F)c2ccccc2)CCN1. The highest BCUT2D eigenvalue weighted by Gasteiger charge is 2.35. The molecular weight excluding hydrogens is 234 g/mol. The molecule has 1 aliphatic rings. The first-order valence-electron chi connectivity index (χ1n) is 6.51. The van der Waals surface area contributed by atoms with Crippen LogP contribution in [0.25, 0.3) is 0 Å². The quantitative estimate of drug-likeness (QED) is 0.888. The Bertz CT molecular complexity index is 367. The molecule has 0 bridgehead atoms. The fraction of sp³-hybridized carbons (Fsp3) is 0.571. The third-order valence-electron chi connectivity index (χ3n) is 3.45. The smallest absolute Gasteiger partial charge is 0.285 e. The monoisotopic (exact) mass is 254 g/mol. The summed E-state index contributed by atoms with van der Waals surface area (Å²) >= 11 is 0. The van der Waals surface area contributed by atoms with Crippen LogP contribution in [-0.4, -0.2) is 37.1 Å². The van der Waals surface area contributed by atoms with E-state index in [1.165, 1.54) is 12.1 Å². The summed E-state index contributed by atoms with van der Waals surface area (Å²) in [5.41, 5.74) is 0.108. The van der Waals surface area contributed by atoms with Crippen LogP contribution in [0.1, 0.15) is 18.9 Å². The Kier molecular flexibility index (Phi) is 4.30. The highest BCUT2D eigenvalue weighted by atomic mass is 19.3. The largest absolute Gasteiger partial charge is 0.311 e. The molecule has 0 radical (unpaired) electrons. The molecule has 0 aromatic heterocycles. The zero-order chi connectivity index (χ0) is 13.0. The van der Waals surface area contributed by atoms with Crippen molar-refractivity contribution in [3.63, 3.8) is 0 Å². The van der Waals surface area contributed by atoms with Gasteiger partial charge >= 0.3 is 0 Å². The predicted molar refractivity (Wildman–Crippen MR) is 68.9 cm³/mol. The van der Waals surface area contributed by atoms with Gasteiger partial charge in [-0.05, 0) is 6.42 Å². The van der Waals surface area contributed by atoms with Gasteiger partial charge in [0.25, 0.3) is 5.92 Å². The molecule has 1 aromatic rings. The van der Waals surface area contributed by atoms with Gasteiger partial charge < -0.3 is 5.32 Å². The van der Waals surface area contributed by atoms with Crippen molar-refractivity contribution in [1.82, 2.24) is 10.2 Å². The van der Waals surface area contributed by atoms with Gasteiger partial charge in [-0.1, -0.05) is 37.3 Å². The molecule has 0 spiro atoms. The van der Waals surface area contributed by atoms with Crippen LogP contribution in [0.5, 0.6) is 0 Å². The van der Waals surface area contributed by atoms with Crippen LogP contribution < -0.4 is 5.32 Å². The van der Waals surface area contributed by atoms with Crippen LogP contribution in [0, 0.1) is 0 Å². The minimum atomic E-state index is -2.77. The van der Waals surface area contributed by atoms with Crippen LogP contribution in [0.4, 0.5) is 8.78 Å². The zero-order valence-electron chi connectivity index (χ0n) is 10.7. The minimum absolute atomic E-state index is 0.108. The number of halogens is 2. The third kappa shape index (κ3) is 3.27. The standard InChI is InChI=1S/C14H20F2N2/c1-2-13-10-18(9-8-17-13)11-14(15,16)12-6-4-3-5-7-12/h3-7,13,17H,2,8-11H2,1H3. The van der Waals surface area contributed by atoms with Crippen molar-refractivity contribution < 1.29 is 8.78 Å². The summed E-state index contributed by atoms with van der Waals surface area (Å²) < 4.78 is 28.2. The van der Waals surface area contributed by atoms with Crippen molar-refractivity contribution in [3.8, 4) is 0 Å². The summed E-state index contributed by atoms with van der Waals surface area (Å²) in [6.45, 7) is 4.09. The number of hydrogen-bond acceptors (Lipinski definition) is 2. The number of nitrogens with zero attached hydrogens (tertiary/aromatic N) is 1. The van der Waals surface area contributed by atoms with Crippen LogP contribution in [0.3, 0.4) is 0 Å². The number of piperazine rings is 1. The van der Waals surface area contributed by atoms with E-state index >= 15 is 0 Å². The Balaban J connectivity index is 1.99. The molecule has 100 valence electrons. The van der Waals surface area contributed by atoms with Crippen molar-refractivity contribution >= 4 is 0 Å². The lowest BCUT2D eigenvalue weighted by atomic mass is 10.1. The van der Waals surface area contributed by atoms with Crippen molar-refractivity contribution in [2.24, 2.45) is 0 Å². The zero-order valence-corrected chi connectivity index (χ0v) is 10.7. The lowest BCUT2D eigenvalue weighted by Crippen LogP contribution is -2.52. The van der Waals surface area contributed by atoms with Crippen LogP contribution in [0.2, 0.25) is 0 Å². The topological polar surface area (TPSA) is 15.3 Å². The van der Waals surface area contributed by atoms with Gasteiger partial charge in [0.05, 0.1) is 6.54 Å². The summed E-state index contributed by atoms with van der Waals surface area (Å²) in [4.78, 5) is 1.86. The normalized spacial score (nSPS) is 22.1. The molecule has 1 saturated heterocycles. The molecule has 1 aliphatic heterocycles. The van der Waals surface area contributed by atoms with E-state index in [1.54, 1.807) is 18.2 Å². The Morgan fingerprint density at radius 3 is 2.72 bits per heavy atom. The second-order valence-electron chi connectivity index (χ2n) is 4.86. The highest BCUT2D eigenvalue weighted by Crippen LogP contribution is 2.29. The average molecular weight is 254 g/mol. The first-order valence-corrected chi connectivity index (χ1v) is 6.51.